The lowest BCUT2D eigenvalue weighted by molar-refractivity contribution is 0.0729. The van der Waals surface area contributed by atoms with Crippen LogP contribution in [0.15, 0.2) is 42.6 Å². The van der Waals surface area contributed by atoms with E-state index in [9.17, 15) is 4.79 Å². The van der Waals surface area contributed by atoms with Gasteiger partial charge in [0, 0.05) is 31.3 Å². The van der Waals surface area contributed by atoms with E-state index < -0.39 is 0 Å². The third kappa shape index (κ3) is 3.24. The van der Waals surface area contributed by atoms with Crippen LogP contribution in [0.1, 0.15) is 40.4 Å². The number of amides is 1. The van der Waals surface area contributed by atoms with E-state index in [1.807, 2.05) is 18.0 Å². The summed E-state index contributed by atoms with van der Waals surface area (Å²) in [6.45, 7) is 1.30. The van der Waals surface area contributed by atoms with Gasteiger partial charge in [0.2, 0.25) is 5.88 Å². The summed E-state index contributed by atoms with van der Waals surface area (Å²) < 4.78 is 11.1. The maximum absolute atomic E-state index is 12.9. The molecule has 4 rings (SSSR count). The summed E-state index contributed by atoms with van der Waals surface area (Å²) >= 11 is 0. The van der Waals surface area contributed by atoms with Crippen LogP contribution in [0.5, 0.6) is 5.88 Å². The molecule has 0 bridgehead atoms. The normalized spacial score (nSPS) is 21.8. The van der Waals surface area contributed by atoms with Crippen LogP contribution >= 0.6 is 0 Å². The molecule has 1 saturated heterocycles. The van der Waals surface area contributed by atoms with Crippen molar-refractivity contribution in [2.75, 3.05) is 20.3 Å². The maximum atomic E-state index is 12.9. The zero-order valence-corrected chi connectivity index (χ0v) is 14.4. The molecule has 2 aliphatic rings. The molecule has 1 aliphatic carbocycles. The van der Waals surface area contributed by atoms with Crippen molar-refractivity contribution in [1.29, 1.82) is 0 Å². The lowest BCUT2D eigenvalue weighted by Gasteiger charge is -2.25. The predicted octanol–water partition coefficient (Wildman–Crippen LogP) is 3.01. The molecule has 1 aromatic heterocycles. The van der Waals surface area contributed by atoms with Crippen molar-refractivity contribution in [1.82, 2.24) is 9.88 Å². The largest absolute Gasteiger partial charge is 0.472 e. The molecule has 5 heteroatoms. The molecule has 2 aromatic rings. The Bertz CT molecular complexity index is 771. The Morgan fingerprint density at radius 3 is 3.00 bits per heavy atom. The lowest BCUT2D eigenvalue weighted by Crippen LogP contribution is -2.30. The molecule has 0 radical (unpaired) electrons. The van der Waals surface area contributed by atoms with E-state index in [0.717, 1.165) is 19.3 Å². The Kier molecular flexibility index (Phi) is 4.40. The standard InChI is InChI=1S/C20H22N2O3/c1-22(18-7-6-14-4-2-3-5-17(14)18)20(23)15-8-10-21-19(12-15)25-16-9-11-24-13-16/h2-5,8,10,12,16,18H,6-7,9,11,13H2,1H3/t16-,18+/m1/s1. The van der Waals surface area contributed by atoms with E-state index in [1.165, 1.54) is 11.1 Å². The number of fused-ring (bicyclic) bond motifs is 1. The minimum absolute atomic E-state index is 0.00312. The van der Waals surface area contributed by atoms with E-state index in [0.29, 0.717) is 24.7 Å². The first-order valence-electron chi connectivity index (χ1n) is 8.78. The summed E-state index contributed by atoms with van der Waals surface area (Å²) in [5, 5.41) is 0. The first-order chi connectivity index (χ1) is 12.2. The molecule has 0 N–H and O–H groups in total. The van der Waals surface area contributed by atoms with Gasteiger partial charge in [-0.2, -0.15) is 0 Å². The van der Waals surface area contributed by atoms with Gasteiger partial charge in [0.05, 0.1) is 19.3 Å². The van der Waals surface area contributed by atoms with Crippen molar-refractivity contribution in [3.8, 4) is 5.88 Å². The highest BCUT2D eigenvalue weighted by Gasteiger charge is 2.29. The zero-order valence-electron chi connectivity index (χ0n) is 14.4. The highest BCUT2D eigenvalue weighted by Crippen LogP contribution is 2.35. The maximum Gasteiger partial charge on any atom is 0.254 e. The monoisotopic (exact) mass is 338 g/mol. The van der Waals surface area contributed by atoms with Crippen LogP contribution in [0.4, 0.5) is 0 Å². The number of aryl methyl sites for hydroxylation is 1. The summed E-state index contributed by atoms with van der Waals surface area (Å²) in [5.41, 5.74) is 3.20. The van der Waals surface area contributed by atoms with Crippen LogP contribution in [-0.2, 0) is 11.2 Å². The van der Waals surface area contributed by atoms with Crippen LogP contribution in [-0.4, -0.2) is 42.2 Å². The topological polar surface area (TPSA) is 51.7 Å². The predicted molar refractivity (Wildman–Crippen MR) is 93.7 cm³/mol. The Morgan fingerprint density at radius 1 is 1.28 bits per heavy atom. The molecule has 2 atom stereocenters. The van der Waals surface area contributed by atoms with Gasteiger partial charge in [-0.05, 0) is 30.0 Å². The molecule has 1 amide bonds. The second-order valence-electron chi connectivity index (χ2n) is 6.66. The molecule has 5 nitrogen and oxygen atoms in total. The Morgan fingerprint density at radius 2 is 2.16 bits per heavy atom. The molecular weight excluding hydrogens is 316 g/mol. The van der Waals surface area contributed by atoms with Crippen LogP contribution in [0.2, 0.25) is 0 Å². The Balaban J connectivity index is 1.50. The van der Waals surface area contributed by atoms with E-state index in [1.54, 1.807) is 18.3 Å². The zero-order chi connectivity index (χ0) is 17.2. The summed E-state index contributed by atoms with van der Waals surface area (Å²) in [4.78, 5) is 19.0. The fourth-order valence-electron chi connectivity index (χ4n) is 3.67. The molecule has 0 spiro atoms. The van der Waals surface area contributed by atoms with Gasteiger partial charge in [-0.3, -0.25) is 4.79 Å². The third-order valence-electron chi connectivity index (χ3n) is 5.05. The van der Waals surface area contributed by atoms with E-state index >= 15 is 0 Å². The first-order valence-corrected chi connectivity index (χ1v) is 8.78. The number of benzene rings is 1. The highest BCUT2D eigenvalue weighted by molar-refractivity contribution is 5.94. The van der Waals surface area contributed by atoms with Crippen LogP contribution < -0.4 is 4.74 Å². The summed E-state index contributed by atoms with van der Waals surface area (Å²) in [7, 11) is 1.88. The number of rotatable bonds is 4. The number of aromatic nitrogens is 1. The highest BCUT2D eigenvalue weighted by atomic mass is 16.5. The summed E-state index contributed by atoms with van der Waals surface area (Å²) in [5.74, 6) is 0.484. The van der Waals surface area contributed by atoms with Crippen molar-refractivity contribution >= 4 is 5.91 Å². The Hall–Kier alpha value is -2.40. The van der Waals surface area contributed by atoms with Crippen molar-refractivity contribution < 1.29 is 14.3 Å². The van der Waals surface area contributed by atoms with Gasteiger partial charge in [0.1, 0.15) is 6.10 Å². The Labute approximate surface area is 147 Å². The molecule has 2 heterocycles. The number of carbonyl (C=O) groups excluding carboxylic acids is 1. The average molecular weight is 338 g/mol. The van der Waals surface area contributed by atoms with E-state index in [-0.39, 0.29) is 18.1 Å². The van der Waals surface area contributed by atoms with E-state index in [2.05, 4.69) is 23.2 Å². The van der Waals surface area contributed by atoms with E-state index in [4.69, 9.17) is 9.47 Å². The van der Waals surface area contributed by atoms with Gasteiger partial charge < -0.3 is 14.4 Å². The molecule has 0 unspecified atom stereocenters. The molecule has 1 fully saturated rings. The van der Waals surface area contributed by atoms with Crippen LogP contribution in [0, 0.1) is 0 Å². The number of carbonyl (C=O) groups is 1. The van der Waals surface area contributed by atoms with Crippen LogP contribution in [0.25, 0.3) is 0 Å². The molecule has 1 aromatic carbocycles. The molecule has 130 valence electrons. The number of hydrogen-bond donors (Lipinski definition) is 0. The van der Waals surface area contributed by atoms with Crippen molar-refractivity contribution in [3.63, 3.8) is 0 Å². The van der Waals surface area contributed by atoms with Gasteiger partial charge in [-0.15, -0.1) is 0 Å². The SMILES string of the molecule is CN(C(=O)c1ccnc(O[C@@H]2CCOC2)c1)[C@H]1CCc2ccccc21. The van der Waals surface area contributed by atoms with Crippen LogP contribution in [0.3, 0.4) is 0 Å². The minimum atomic E-state index is -0.00312. The first kappa shape index (κ1) is 16.1. The fourth-order valence-corrected chi connectivity index (χ4v) is 3.67. The molecular formula is C20H22N2O3. The third-order valence-corrected chi connectivity index (χ3v) is 5.05. The average Bonchev–Trinajstić information content (AvgIpc) is 3.30. The van der Waals surface area contributed by atoms with Crippen molar-refractivity contribution in [2.45, 2.75) is 31.4 Å². The summed E-state index contributed by atoms with van der Waals surface area (Å²) in [6.07, 6.45) is 4.51. The van der Waals surface area contributed by atoms with Gasteiger partial charge in [0.15, 0.2) is 0 Å². The number of nitrogens with zero attached hydrogens (tertiary/aromatic N) is 2. The second-order valence-corrected chi connectivity index (χ2v) is 6.66. The van der Waals surface area contributed by atoms with Gasteiger partial charge in [-0.1, -0.05) is 24.3 Å². The lowest BCUT2D eigenvalue weighted by atomic mass is 10.1. The molecule has 0 saturated carbocycles. The molecule has 25 heavy (non-hydrogen) atoms. The number of hydrogen-bond acceptors (Lipinski definition) is 4. The van der Waals surface area contributed by atoms with Crippen molar-refractivity contribution in [2.24, 2.45) is 0 Å². The van der Waals surface area contributed by atoms with Gasteiger partial charge >= 0.3 is 0 Å². The second kappa shape index (κ2) is 6.84. The van der Waals surface area contributed by atoms with Gasteiger partial charge in [0.25, 0.3) is 5.91 Å². The van der Waals surface area contributed by atoms with Gasteiger partial charge in [-0.25, -0.2) is 4.98 Å². The number of pyridine rings is 1. The molecule has 1 aliphatic heterocycles. The fraction of sp³-hybridized carbons (Fsp3) is 0.400. The quantitative estimate of drug-likeness (QED) is 0.860. The van der Waals surface area contributed by atoms with Crippen molar-refractivity contribution in [3.05, 3.63) is 59.3 Å². The minimum Gasteiger partial charge on any atom is -0.472 e. The number of ether oxygens (including phenoxy) is 2. The summed E-state index contributed by atoms with van der Waals surface area (Å²) in [6, 6.07) is 12.0. The smallest absolute Gasteiger partial charge is 0.254 e.